The Kier molecular flexibility index (Phi) is 2.17. The van der Waals surface area contributed by atoms with Gasteiger partial charge in [0.25, 0.3) is 0 Å². The Balaban J connectivity index is 1.86. The van der Waals surface area contributed by atoms with Gasteiger partial charge in [0, 0.05) is 5.54 Å². The van der Waals surface area contributed by atoms with E-state index in [4.69, 9.17) is 0 Å². The average Bonchev–Trinajstić information content (AvgIpc) is 1.82. The lowest BCUT2D eigenvalue weighted by molar-refractivity contribution is 0.159. The minimum atomic E-state index is 0.625. The van der Waals surface area contributed by atoms with Crippen molar-refractivity contribution in [2.75, 3.05) is 6.54 Å². The van der Waals surface area contributed by atoms with Gasteiger partial charge in [-0.1, -0.05) is 32.1 Å². The first kappa shape index (κ1) is 7.60. The molecule has 0 atom stereocenters. The van der Waals surface area contributed by atoms with Crippen LogP contribution in [0.5, 0.6) is 0 Å². The molecule has 0 aromatic heterocycles. The molecule has 2 aliphatic rings. The van der Waals surface area contributed by atoms with Crippen LogP contribution in [-0.2, 0) is 0 Å². The zero-order valence-corrected chi connectivity index (χ0v) is 7.36. The molecule has 0 radical (unpaired) electrons. The van der Waals surface area contributed by atoms with E-state index in [1.807, 2.05) is 0 Å². The highest BCUT2D eigenvalue weighted by Gasteiger charge is 2.35. The van der Waals surface area contributed by atoms with Crippen LogP contribution >= 0.6 is 0 Å². The molecule has 1 spiro atoms. The minimum Gasteiger partial charge on any atom is -0.311 e. The Morgan fingerprint density at radius 3 is 1.73 bits per heavy atom. The normalized spacial score (nSPS) is 30.5. The molecule has 0 amide bonds. The lowest BCUT2D eigenvalue weighted by Gasteiger charge is -2.44. The van der Waals surface area contributed by atoms with Gasteiger partial charge in [-0.05, 0) is 25.8 Å². The molecule has 0 unspecified atom stereocenters. The average molecular weight is 153 g/mol. The monoisotopic (exact) mass is 153 g/mol. The van der Waals surface area contributed by atoms with Gasteiger partial charge in [-0.2, -0.15) is 0 Å². The van der Waals surface area contributed by atoms with Crippen LogP contribution in [0, 0.1) is 0 Å². The fourth-order valence-corrected chi connectivity index (χ4v) is 2.49. The van der Waals surface area contributed by atoms with Crippen LogP contribution in [0.2, 0.25) is 0 Å². The highest BCUT2D eigenvalue weighted by Crippen LogP contribution is 2.33. The second kappa shape index (κ2) is 3.14. The molecule has 1 heterocycles. The molecule has 64 valence electrons. The van der Waals surface area contributed by atoms with Crippen molar-refractivity contribution in [2.45, 2.75) is 56.9 Å². The van der Waals surface area contributed by atoms with Crippen molar-refractivity contribution >= 4 is 0 Å². The van der Waals surface area contributed by atoms with E-state index in [2.05, 4.69) is 5.32 Å². The van der Waals surface area contributed by atoms with Crippen LogP contribution in [0.3, 0.4) is 0 Å². The minimum absolute atomic E-state index is 0.625. The number of rotatable bonds is 0. The van der Waals surface area contributed by atoms with E-state index >= 15 is 0 Å². The maximum absolute atomic E-state index is 3.63. The van der Waals surface area contributed by atoms with Gasteiger partial charge in [0.2, 0.25) is 0 Å². The molecule has 1 aliphatic heterocycles. The predicted octanol–water partition coefficient (Wildman–Crippen LogP) is 2.46. The van der Waals surface area contributed by atoms with E-state index in [1.165, 1.54) is 57.9 Å². The summed E-state index contributed by atoms with van der Waals surface area (Å²) in [6, 6.07) is 0. The van der Waals surface area contributed by atoms with E-state index < -0.39 is 0 Å². The summed E-state index contributed by atoms with van der Waals surface area (Å²) in [5, 5.41) is 3.63. The quantitative estimate of drug-likeness (QED) is 0.563. The molecular weight excluding hydrogens is 134 g/mol. The molecule has 1 saturated carbocycles. The first-order valence-corrected chi connectivity index (χ1v) is 5.16. The first-order valence-electron chi connectivity index (χ1n) is 5.16. The molecule has 0 aromatic carbocycles. The fourth-order valence-electron chi connectivity index (χ4n) is 2.49. The molecule has 1 N–H and O–H groups in total. The molecule has 2 fully saturated rings. The topological polar surface area (TPSA) is 12.0 Å². The summed E-state index contributed by atoms with van der Waals surface area (Å²) in [5.74, 6) is 0. The molecule has 1 nitrogen and oxygen atoms in total. The van der Waals surface area contributed by atoms with E-state index in [0.29, 0.717) is 5.54 Å². The second-order valence-corrected chi connectivity index (χ2v) is 4.22. The molecule has 0 bridgehead atoms. The molecule has 1 saturated heterocycles. The second-order valence-electron chi connectivity index (χ2n) is 4.22. The zero-order valence-electron chi connectivity index (χ0n) is 7.36. The van der Waals surface area contributed by atoms with Crippen LogP contribution in [-0.4, -0.2) is 12.1 Å². The van der Waals surface area contributed by atoms with E-state index in [0.717, 1.165) is 0 Å². The van der Waals surface area contributed by atoms with Crippen LogP contribution in [0.15, 0.2) is 0 Å². The Labute approximate surface area is 69.6 Å². The van der Waals surface area contributed by atoms with Crippen molar-refractivity contribution in [3.8, 4) is 0 Å². The van der Waals surface area contributed by atoms with Gasteiger partial charge in [0.15, 0.2) is 0 Å². The van der Waals surface area contributed by atoms with Crippen molar-refractivity contribution in [3.05, 3.63) is 0 Å². The Morgan fingerprint density at radius 2 is 1.27 bits per heavy atom. The van der Waals surface area contributed by atoms with Gasteiger partial charge in [0.1, 0.15) is 0 Å². The SMILES string of the molecule is C1CCCC2(CCC1)CCN2. The fraction of sp³-hybridized carbons (Fsp3) is 1.00. The number of hydrogen-bond acceptors (Lipinski definition) is 1. The third kappa shape index (κ3) is 1.58. The maximum Gasteiger partial charge on any atom is 0.0193 e. The Morgan fingerprint density at radius 1 is 0.727 bits per heavy atom. The molecule has 1 heteroatoms. The van der Waals surface area contributed by atoms with E-state index in [-0.39, 0.29) is 0 Å². The molecule has 11 heavy (non-hydrogen) atoms. The Bertz CT molecular complexity index is 117. The first-order chi connectivity index (χ1) is 5.41. The van der Waals surface area contributed by atoms with Crippen LogP contribution in [0.25, 0.3) is 0 Å². The summed E-state index contributed by atoms with van der Waals surface area (Å²) in [6.45, 7) is 1.28. The third-order valence-corrected chi connectivity index (χ3v) is 3.41. The summed E-state index contributed by atoms with van der Waals surface area (Å²) in [5.41, 5.74) is 0.625. The molecular formula is C10H19N. The molecule has 0 aromatic rings. The van der Waals surface area contributed by atoms with E-state index in [1.54, 1.807) is 0 Å². The van der Waals surface area contributed by atoms with Gasteiger partial charge in [-0.3, -0.25) is 0 Å². The van der Waals surface area contributed by atoms with Crippen molar-refractivity contribution < 1.29 is 0 Å². The largest absolute Gasteiger partial charge is 0.311 e. The summed E-state index contributed by atoms with van der Waals surface area (Å²) in [6.07, 6.45) is 11.7. The van der Waals surface area contributed by atoms with E-state index in [9.17, 15) is 0 Å². The van der Waals surface area contributed by atoms with Crippen LogP contribution in [0.4, 0.5) is 0 Å². The third-order valence-electron chi connectivity index (χ3n) is 3.41. The zero-order chi connectivity index (χ0) is 7.57. The Hall–Kier alpha value is -0.0400. The summed E-state index contributed by atoms with van der Waals surface area (Å²) < 4.78 is 0. The van der Waals surface area contributed by atoms with Crippen molar-refractivity contribution in [1.82, 2.24) is 5.32 Å². The van der Waals surface area contributed by atoms with Gasteiger partial charge in [-0.15, -0.1) is 0 Å². The van der Waals surface area contributed by atoms with Gasteiger partial charge < -0.3 is 5.32 Å². The summed E-state index contributed by atoms with van der Waals surface area (Å²) in [4.78, 5) is 0. The van der Waals surface area contributed by atoms with Gasteiger partial charge in [-0.25, -0.2) is 0 Å². The van der Waals surface area contributed by atoms with Gasteiger partial charge in [0.05, 0.1) is 0 Å². The highest BCUT2D eigenvalue weighted by molar-refractivity contribution is 4.96. The number of nitrogens with one attached hydrogen (secondary N) is 1. The number of hydrogen-bond donors (Lipinski definition) is 1. The van der Waals surface area contributed by atoms with Gasteiger partial charge >= 0.3 is 0 Å². The summed E-state index contributed by atoms with van der Waals surface area (Å²) in [7, 11) is 0. The highest BCUT2D eigenvalue weighted by atomic mass is 15.0. The van der Waals surface area contributed by atoms with Crippen molar-refractivity contribution in [3.63, 3.8) is 0 Å². The predicted molar refractivity (Wildman–Crippen MR) is 47.7 cm³/mol. The smallest absolute Gasteiger partial charge is 0.0193 e. The standard InChI is InChI=1S/C10H19N/c1-2-4-6-10(7-5-3-1)8-9-11-10/h11H,1-9H2. The molecule has 1 aliphatic carbocycles. The van der Waals surface area contributed by atoms with Crippen LogP contribution in [0.1, 0.15) is 51.4 Å². The lowest BCUT2D eigenvalue weighted by Crippen LogP contribution is -2.56. The summed E-state index contributed by atoms with van der Waals surface area (Å²) >= 11 is 0. The van der Waals surface area contributed by atoms with Crippen molar-refractivity contribution in [2.24, 2.45) is 0 Å². The van der Waals surface area contributed by atoms with Crippen LogP contribution < -0.4 is 5.32 Å². The van der Waals surface area contributed by atoms with Crippen molar-refractivity contribution in [1.29, 1.82) is 0 Å². The molecule has 2 rings (SSSR count). The lowest BCUT2D eigenvalue weighted by atomic mass is 9.77. The maximum atomic E-state index is 3.63.